The highest BCUT2D eigenvalue weighted by molar-refractivity contribution is 4.44. The van der Waals surface area contributed by atoms with E-state index in [4.69, 9.17) is 5.11 Å². The second kappa shape index (κ2) is 14.4. The van der Waals surface area contributed by atoms with E-state index in [-0.39, 0.29) is 0 Å². The van der Waals surface area contributed by atoms with Crippen molar-refractivity contribution in [1.29, 1.82) is 0 Å². The largest absolute Gasteiger partial charge is 0.396 e. The van der Waals surface area contributed by atoms with E-state index in [1.807, 2.05) is 0 Å². The van der Waals surface area contributed by atoms with Crippen molar-refractivity contribution < 1.29 is 5.11 Å². The molecule has 0 saturated carbocycles. The lowest BCUT2D eigenvalue weighted by molar-refractivity contribution is 0.287. The van der Waals surface area contributed by atoms with Gasteiger partial charge in [0.15, 0.2) is 0 Å². The van der Waals surface area contributed by atoms with Crippen LogP contribution in [0.1, 0.15) is 46.5 Å². The molecule has 0 radical (unpaired) electrons. The molecule has 13 heavy (non-hydrogen) atoms. The molecule has 0 bridgehead atoms. The minimum absolute atomic E-state index is 0.344. The fourth-order valence-electron chi connectivity index (χ4n) is 0.744. The number of rotatable bonds is 6. The average Bonchev–Trinajstić information content (AvgIpc) is 2.16. The maximum absolute atomic E-state index is 8.07. The van der Waals surface area contributed by atoms with Gasteiger partial charge in [0.2, 0.25) is 0 Å². The summed E-state index contributed by atoms with van der Waals surface area (Å²) in [4.78, 5) is 2.34. The highest BCUT2D eigenvalue weighted by atomic mass is 16.2. The smallest absolute Gasteiger partial charge is 0.0430 e. The number of aliphatic hydroxyl groups is 1. The van der Waals surface area contributed by atoms with Crippen LogP contribution in [0, 0.1) is 0 Å². The Balaban J connectivity index is 0. The molecule has 82 valence electrons. The zero-order chi connectivity index (χ0) is 10.5. The molecule has 0 aromatic rings. The molecular weight excluding hydrogens is 162 g/mol. The molecule has 0 spiro atoms. The van der Waals surface area contributed by atoms with Gasteiger partial charge in [0.25, 0.3) is 0 Å². The van der Waals surface area contributed by atoms with Crippen LogP contribution < -0.4 is 0 Å². The van der Waals surface area contributed by atoms with Gasteiger partial charge < -0.3 is 10.0 Å². The number of hydrogen-bond acceptors (Lipinski definition) is 2. The lowest BCUT2D eigenvalue weighted by atomic mass is 10.3. The molecule has 0 aliphatic carbocycles. The summed E-state index contributed by atoms with van der Waals surface area (Å²) in [7, 11) is 2.16. The Bertz CT molecular complexity index is 74.5. The predicted molar refractivity (Wildman–Crippen MR) is 60.1 cm³/mol. The molecule has 0 unspecified atom stereocenters. The lowest BCUT2D eigenvalue weighted by Crippen LogP contribution is -2.18. The minimum atomic E-state index is 0.344. The summed E-state index contributed by atoms with van der Waals surface area (Å²) < 4.78 is 0. The summed E-state index contributed by atoms with van der Waals surface area (Å²) >= 11 is 0. The van der Waals surface area contributed by atoms with Crippen LogP contribution in [-0.4, -0.2) is 36.8 Å². The van der Waals surface area contributed by atoms with E-state index in [0.717, 1.165) is 12.8 Å². The fraction of sp³-hybridized carbons (Fsp3) is 1.00. The molecular formula is C11H27NO. The topological polar surface area (TPSA) is 23.5 Å². The monoisotopic (exact) mass is 189 g/mol. The molecule has 0 aromatic heterocycles. The number of nitrogens with zero attached hydrogens (tertiary/aromatic N) is 1. The van der Waals surface area contributed by atoms with E-state index in [9.17, 15) is 0 Å². The predicted octanol–water partition coefficient (Wildman–Crippen LogP) is 2.52. The molecule has 0 saturated heterocycles. The zero-order valence-electron chi connectivity index (χ0n) is 9.84. The molecule has 0 aromatic carbocycles. The Hall–Kier alpha value is -0.0800. The number of unbranched alkanes of at least 4 members (excludes halogenated alkanes) is 2. The van der Waals surface area contributed by atoms with Crippen LogP contribution in [0.5, 0.6) is 0 Å². The molecule has 0 heterocycles. The Kier molecular flexibility index (Phi) is 17.1. The van der Waals surface area contributed by atoms with Gasteiger partial charge >= 0.3 is 0 Å². The minimum Gasteiger partial charge on any atom is -0.396 e. The van der Waals surface area contributed by atoms with Crippen LogP contribution in [0.3, 0.4) is 0 Å². The third kappa shape index (κ3) is 18.7. The van der Waals surface area contributed by atoms with Gasteiger partial charge in [0.1, 0.15) is 0 Å². The van der Waals surface area contributed by atoms with Crippen molar-refractivity contribution in [2.45, 2.75) is 46.5 Å². The van der Waals surface area contributed by atoms with Crippen molar-refractivity contribution in [3.63, 3.8) is 0 Å². The SMILES string of the molecule is CCCCN(C)CC.CCCCO. The van der Waals surface area contributed by atoms with Crippen molar-refractivity contribution in [2.75, 3.05) is 26.7 Å². The van der Waals surface area contributed by atoms with Crippen molar-refractivity contribution in [3.8, 4) is 0 Å². The number of hydrogen-bond donors (Lipinski definition) is 1. The van der Waals surface area contributed by atoms with Gasteiger partial charge in [-0.25, -0.2) is 0 Å². The number of aliphatic hydroxyl groups excluding tert-OH is 1. The third-order valence-electron chi connectivity index (χ3n) is 1.94. The maximum atomic E-state index is 8.07. The highest BCUT2D eigenvalue weighted by Gasteiger charge is 1.89. The van der Waals surface area contributed by atoms with Crippen LogP contribution in [-0.2, 0) is 0 Å². The zero-order valence-corrected chi connectivity index (χ0v) is 9.84. The van der Waals surface area contributed by atoms with E-state index in [0.29, 0.717) is 6.61 Å². The van der Waals surface area contributed by atoms with Crippen molar-refractivity contribution >= 4 is 0 Å². The summed E-state index contributed by atoms with van der Waals surface area (Å²) in [6.07, 6.45) is 4.69. The van der Waals surface area contributed by atoms with Crippen molar-refractivity contribution in [3.05, 3.63) is 0 Å². The Morgan fingerprint density at radius 3 is 1.77 bits per heavy atom. The second-order valence-corrected chi connectivity index (χ2v) is 3.33. The van der Waals surface area contributed by atoms with Crippen LogP contribution >= 0.6 is 0 Å². The first-order valence-electron chi connectivity index (χ1n) is 5.52. The average molecular weight is 189 g/mol. The summed E-state index contributed by atoms with van der Waals surface area (Å²) in [6, 6.07) is 0. The Morgan fingerprint density at radius 2 is 1.54 bits per heavy atom. The molecule has 0 aliphatic heterocycles. The molecule has 0 aliphatic rings. The van der Waals surface area contributed by atoms with Crippen LogP contribution in [0.15, 0.2) is 0 Å². The highest BCUT2D eigenvalue weighted by Crippen LogP contribution is 1.89. The normalized spacial score (nSPS) is 9.69. The summed E-state index contributed by atoms with van der Waals surface area (Å²) in [6.45, 7) is 9.25. The Labute approximate surface area is 83.9 Å². The van der Waals surface area contributed by atoms with Crippen molar-refractivity contribution in [1.82, 2.24) is 4.90 Å². The quantitative estimate of drug-likeness (QED) is 0.694. The van der Waals surface area contributed by atoms with E-state index in [1.54, 1.807) is 0 Å². The van der Waals surface area contributed by atoms with Crippen LogP contribution in [0.25, 0.3) is 0 Å². The third-order valence-corrected chi connectivity index (χ3v) is 1.94. The van der Waals surface area contributed by atoms with E-state index < -0.39 is 0 Å². The molecule has 0 amide bonds. The van der Waals surface area contributed by atoms with Crippen molar-refractivity contribution in [2.24, 2.45) is 0 Å². The molecule has 0 atom stereocenters. The second-order valence-electron chi connectivity index (χ2n) is 3.33. The summed E-state index contributed by atoms with van der Waals surface area (Å²) in [5.74, 6) is 0. The van der Waals surface area contributed by atoms with Gasteiger partial charge in [-0.15, -0.1) is 0 Å². The van der Waals surface area contributed by atoms with E-state index in [1.165, 1.54) is 25.9 Å². The molecule has 0 fully saturated rings. The molecule has 1 N–H and O–H groups in total. The van der Waals surface area contributed by atoms with E-state index >= 15 is 0 Å². The molecule has 2 heteroatoms. The molecule has 2 nitrogen and oxygen atoms in total. The first-order chi connectivity index (χ1) is 6.22. The maximum Gasteiger partial charge on any atom is 0.0430 e. The molecule has 0 rings (SSSR count). The summed E-state index contributed by atoms with van der Waals surface area (Å²) in [5.41, 5.74) is 0. The first kappa shape index (κ1) is 15.4. The standard InChI is InChI=1S/C7H17N.C4H10O/c1-4-6-7-8(3)5-2;1-2-3-4-5/h4-7H2,1-3H3;5H,2-4H2,1H3. The van der Waals surface area contributed by atoms with Gasteiger partial charge in [-0.2, -0.15) is 0 Å². The fourth-order valence-corrected chi connectivity index (χ4v) is 0.744. The lowest BCUT2D eigenvalue weighted by Gasteiger charge is -2.11. The van der Waals surface area contributed by atoms with Gasteiger partial charge in [-0.05, 0) is 33.0 Å². The van der Waals surface area contributed by atoms with Gasteiger partial charge in [0, 0.05) is 6.61 Å². The van der Waals surface area contributed by atoms with Gasteiger partial charge in [0.05, 0.1) is 0 Å². The van der Waals surface area contributed by atoms with Gasteiger partial charge in [-0.3, -0.25) is 0 Å². The van der Waals surface area contributed by atoms with Crippen LogP contribution in [0.2, 0.25) is 0 Å². The first-order valence-corrected chi connectivity index (χ1v) is 5.52. The summed E-state index contributed by atoms with van der Waals surface area (Å²) in [5, 5.41) is 8.07. The Morgan fingerprint density at radius 1 is 1.00 bits per heavy atom. The van der Waals surface area contributed by atoms with Crippen LogP contribution in [0.4, 0.5) is 0 Å². The van der Waals surface area contributed by atoms with E-state index in [2.05, 4.69) is 32.7 Å². The van der Waals surface area contributed by atoms with Gasteiger partial charge in [-0.1, -0.05) is 33.6 Å².